The standard InChI is InChI=1S/C5H7N3OS/c6-5(9)7-1-4-2-10-3-8-4/h2-3H,1H2,(H3,6,7,9)/p+1. The molecule has 0 aliphatic rings. The molecule has 0 aliphatic carbocycles. The van der Waals surface area contributed by atoms with Crippen molar-refractivity contribution in [1.29, 1.82) is 0 Å². The molecule has 0 saturated heterocycles. The molecular formula is C5H8N3OS+. The van der Waals surface area contributed by atoms with Crippen molar-refractivity contribution in [1.82, 2.24) is 5.32 Å². The maximum atomic E-state index is 10.2. The predicted molar refractivity (Wildman–Crippen MR) is 37.3 cm³/mol. The number of nitrogens with one attached hydrogen (secondary N) is 2. The van der Waals surface area contributed by atoms with Crippen molar-refractivity contribution < 1.29 is 9.78 Å². The van der Waals surface area contributed by atoms with Crippen molar-refractivity contribution in [3.05, 3.63) is 16.6 Å². The minimum absolute atomic E-state index is 0.471. The summed E-state index contributed by atoms with van der Waals surface area (Å²) in [4.78, 5) is 13.1. The molecule has 0 radical (unpaired) electrons. The lowest BCUT2D eigenvalue weighted by Crippen LogP contribution is -2.30. The van der Waals surface area contributed by atoms with Gasteiger partial charge in [-0.3, -0.25) is 0 Å². The van der Waals surface area contributed by atoms with Gasteiger partial charge in [-0.25, -0.2) is 9.78 Å². The summed E-state index contributed by atoms with van der Waals surface area (Å²) in [5.74, 6) is 0. The molecule has 0 saturated carbocycles. The zero-order valence-corrected chi connectivity index (χ0v) is 6.07. The van der Waals surface area contributed by atoms with Crippen LogP contribution in [0, 0.1) is 0 Å². The van der Waals surface area contributed by atoms with Gasteiger partial charge in [-0.05, 0) is 0 Å². The van der Waals surface area contributed by atoms with Gasteiger partial charge in [0.25, 0.3) is 0 Å². The monoisotopic (exact) mass is 158 g/mol. The Morgan fingerprint density at radius 1 is 1.90 bits per heavy atom. The van der Waals surface area contributed by atoms with Crippen LogP contribution in [0.2, 0.25) is 0 Å². The van der Waals surface area contributed by atoms with E-state index in [0.29, 0.717) is 6.54 Å². The highest BCUT2D eigenvalue weighted by Gasteiger charge is 2.00. The maximum absolute atomic E-state index is 10.2. The second kappa shape index (κ2) is 3.17. The predicted octanol–water partition coefficient (Wildman–Crippen LogP) is -0.270. The van der Waals surface area contributed by atoms with Gasteiger partial charge in [-0.2, -0.15) is 0 Å². The van der Waals surface area contributed by atoms with Crippen LogP contribution in [0.4, 0.5) is 4.79 Å². The first kappa shape index (κ1) is 7.01. The molecule has 1 heterocycles. The third-order valence-electron chi connectivity index (χ3n) is 0.976. The van der Waals surface area contributed by atoms with Crippen molar-refractivity contribution in [3.63, 3.8) is 0 Å². The molecule has 0 bridgehead atoms. The van der Waals surface area contributed by atoms with Gasteiger partial charge in [0, 0.05) is 0 Å². The van der Waals surface area contributed by atoms with Gasteiger partial charge in [-0.15, -0.1) is 0 Å². The number of aromatic amines is 1. The first-order chi connectivity index (χ1) is 4.79. The van der Waals surface area contributed by atoms with Crippen LogP contribution in [0.3, 0.4) is 0 Å². The van der Waals surface area contributed by atoms with Crippen molar-refractivity contribution in [2.24, 2.45) is 5.73 Å². The van der Waals surface area contributed by atoms with Crippen molar-refractivity contribution >= 4 is 17.4 Å². The van der Waals surface area contributed by atoms with Crippen molar-refractivity contribution in [2.75, 3.05) is 0 Å². The Kier molecular flexibility index (Phi) is 2.22. The highest BCUT2D eigenvalue weighted by Crippen LogP contribution is 1.93. The zero-order chi connectivity index (χ0) is 7.40. The zero-order valence-electron chi connectivity index (χ0n) is 5.26. The smallest absolute Gasteiger partial charge is 0.312 e. The summed E-state index contributed by atoms with van der Waals surface area (Å²) in [6, 6.07) is -0.500. The van der Waals surface area contributed by atoms with Gasteiger partial charge < -0.3 is 11.1 Å². The number of nitrogens with two attached hydrogens (primary N) is 1. The number of primary amides is 1. The fourth-order valence-electron chi connectivity index (χ4n) is 0.535. The number of H-pyrrole nitrogens is 1. The molecule has 1 aromatic rings. The van der Waals surface area contributed by atoms with Gasteiger partial charge in [0.2, 0.25) is 11.2 Å². The lowest BCUT2D eigenvalue weighted by atomic mass is 10.5. The van der Waals surface area contributed by atoms with E-state index in [0.717, 1.165) is 5.69 Å². The molecule has 4 N–H and O–H groups in total. The van der Waals surface area contributed by atoms with Crippen LogP contribution in [0.25, 0.3) is 0 Å². The Morgan fingerprint density at radius 3 is 3.20 bits per heavy atom. The highest BCUT2D eigenvalue weighted by atomic mass is 32.1. The Hall–Kier alpha value is -1.10. The average molecular weight is 158 g/mol. The number of thiazole rings is 1. The Balaban J connectivity index is 2.35. The molecule has 10 heavy (non-hydrogen) atoms. The molecule has 54 valence electrons. The van der Waals surface area contributed by atoms with Crippen LogP contribution in [-0.2, 0) is 6.54 Å². The van der Waals surface area contributed by atoms with Crippen molar-refractivity contribution in [3.8, 4) is 0 Å². The number of carbonyl (C=O) groups excluding carboxylic acids is 1. The summed E-state index contributed by atoms with van der Waals surface area (Å²) in [6.45, 7) is 0.471. The molecule has 4 nitrogen and oxygen atoms in total. The minimum atomic E-state index is -0.500. The molecule has 0 spiro atoms. The first-order valence-corrected chi connectivity index (χ1v) is 3.69. The van der Waals surface area contributed by atoms with E-state index in [1.165, 1.54) is 0 Å². The molecule has 1 aromatic heterocycles. The fourth-order valence-corrected chi connectivity index (χ4v) is 1.14. The van der Waals surface area contributed by atoms with E-state index in [1.54, 1.807) is 11.3 Å². The summed E-state index contributed by atoms with van der Waals surface area (Å²) in [6.07, 6.45) is 0. The van der Waals surface area contributed by atoms with E-state index in [1.807, 2.05) is 10.9 Å². The maximum Gasteiger partial charge on any atom is 0.312 e. The van der Waals surface area contributed by atoms with E-state index >= 15 is 0 Å². The largest absolute Gasteiger partial charge is 0.352 e. The lowest BCUT2D eigenvalue weighted by molar-refractivity contribution is -0.383. The van der Waals surface area contributed by atoms with Crippen LogP contribution in [-0.4, -0.2) is 6.03 Å². The normalized spacial score (nSPS) is 9.20. The molecule has 2 amide bonds. The fraction of sp³-hybridized carbons (Fsp3) is 0.200. The number of urea groups is 1. The number of hydrogen-bond acceptors (Lipinski definition) is 2. The summed E-state index contributed by atoms with van der Waals surface area (Å²) >= 11 is 1.54. The van der Waals surface area contributed by atoms with Gasteiger partial charge >= 0.3 is 6.03 Å². The van der Waals surface area contributed by atoms with E-state index in [9.17, 15) is 4.79 Å². The highest BCUT2D eigenvalue weighted by molar-refractivity contribution is 7.07. The van der Waals surface area contributed by atoms with E-state index in [-0.39, 0.29) is 0 Å². The summed E-state index contributed by atoms with van der Waals surface area (Å²) in [5.41, 5.74) is 7.64. The number of rotatable bonds is 2. The molecule has 0 aliphatic heterocycles. The average Bonchev–Trinajstić information content (AvgIpc) is 2.34. The molecule has 0 fully saturated rings. The Morgan fingerprint density at radius 2 is 2.70 bits per heavy atom. The van der Waals surface area contributed by atoms with Crippen LogP contribution in [0.1, 0.15) is 5.69 Å². The van der Waals surface area contributed by atoms with E-state index < -0.39 is 6.03 Å². The summed E-state index contributed by atoms with van der Waals surface area (Å²) in [7, 11) is 0. The second-order valence-electron chi connectivity index (χ2n) is 1.76. The second-order valence-corrected chi connectivity index (χ2v) is 2.50. The third kappa shape index (κ3) is 2.02. The van der Waals surface area contributed by atoms with E-state index in [4.69, 9.17) is 5.73 Å². The topological polar surface area (TPSA) is 69.3 Å². The van der Waals surface area contributed by atoms with Crippen LogP contribution < -0.4 is 16.0 Å². The number of carbonyl (C=O) groups is 1. The number of hydrogen-bond donors (Lipinski definition) is 2. The molecule has 0 aromatic carbocycles. The third-order valence-corrected chi connectivity index (χ3v) is 1.65. The molecule has 1 rings (SSSR count). The van der Waals surface area contributed by atoms with Gasteiger partial charge in [0.05, 0.1) is 5.38 Å². The summed E-state index contributed by atoms with van der Waals surface area (Å²) in [5, 5.41) is 4.37. The van der Waals surface area contributed by atoms with Crippen molar-refractivity contribution in [2.45, 2.75) is 6.54 Å². The Labute approximate surface area is 62.1 Å². The Bertz CT molecular complexity index is 209. The summed E-state index contributed by atoms with van der Waals surface area (Å²) < 4.78 is 0. The molecule has 0 atom stereocenters. The van der Waals surface area contributed by atoms with Crippen LogP contribution in [0.5, 0.6) is 0 Å². The van der Waals surface area contributed by atoms with Gasteiger partial charge in [0.1, 0.15) is 6.54 Å². The van der Waals surface area contributed by atoms with E-state index in [2.05, 4.69) is 10.3 Å². The first-order valence-electron chi connectivity index (χ1n) is 2.75. The molecular weight excluding hydrogens is 150 g/mol. The molecule has 0 unspecified atom stereocenters. The number of amides is 2. The van der Waals surface area contributed by atoms with Gasteiger partial charge in [0.15, 0.2) is 0 Å². The van der Waals surface area contributed by atoms with Gasteiger partial charge in [-0.1, -0.05) is 11.3 Å². The quantitative estimate of drug-likeness (QED) is 0.611. The number of aromatic nitrogens is 1. The SMILES string of the molecule is NC(=O)NCc1csc[nH+]1. The lowest BCUT2D eigenvalue weighted by Gasteiger charge is -1.91. The minimum Gasteiger partial charge on any atom is -0.352 e. The van der Waals surface area contributed by atoms with Crippen LogP contribution >= 0.6 is 11.3 Å². The van der Waals surface area contributed by atoms with Crippen LogP contribution in [0.15, 0.2) is 10.9 Å². The molecule has 5 heteroatoms.